The quantitative estimate of drug-likeness (QED) is 0.853. The fraction of sp³-hybridized carbons (Fsp3) is 0.667. The molecule has 2 unspecified atom stereocenters. The molecule has 1 aromatic rings. The van der Waals surface area contributed by atoms with Crippen molar-refractivity contribution >= 4 is 37.1 Å². The summed E-state index contributed by atoms with van der Waals surface area (Å²) in [6.07, 6.45) is 2.28. The molecule has 1 N–H and O–H groups in total. The van der Waals surface area contributed by atoms with Crippen molar-refractivity contribution < 1.29 is 8.42 Å². The highest BCUT2D eigenvalue weighted by Crippen LogP contribution is 2.33. The van der Waals surface area contributed by atoms with E-state index in [0.29, 0.717) is 0 Å². The molecule has 0 fully saturated rings. The van der Waals surface area contributed by atoms with Crippen LogP contribution in [-0.2, 0) is 9.84 Å². The number of nitrogens with one attached hydrogen (secondary N) is 1. The lowest BCUT2D eigenvalue weighted by molar-refractivity contribution is 0.500. The van der Waals surface area contributed by atoms with E-state index in [1.165, 1.54) is 6.26 Å². The first-order valence-electron chi connectivity index (χ1n) is 5.95. The molecule has 0 aliphatic carbocycles. The van der Waals surface area contributed by atoms with Gasteiger partial charge in [0.25, 0.3) is 0 Å². The van der Waals surface area contributed by atoms with E-state index in [1.807, 2.05) is 13.0 Å². The minimum absolute atomic E-state index is 0.137. The number of aryl methyl sites for hydroxylation is 1. The molecular formula is C12H20BrNO2S2. The maximum absolute atomic E-state index is 11.8. The predicted octanol–water partition coefficient (Wildman–Crippen LogP) is 3.29. The molecule has 0 bridgehead atoms. The van der Waals surface area contributed by atoms with Gasteiger partial charge in [0, 0.05) is 17.2 Å². The third-order valence-electron chi connectivity index (χ3n) is 3.02. The summed E-state index contributed by atoms with van der Waals surface area (Å²) >= 11 is 5.10. The van der Waals surface area contributed by atoms with Gasteiger partial charge in [-0.3, -0.25) is 0 Å². The zero-order chi connectivity index (χ0) is 13.9. The Morgan fingerprint density at radius 3 is 2.50 bits per heavy atom. The van der Waals surface area contributed by atoms with Gasteiger partial charge >= 0.3 is 0 Å². The Kier molecular flexibility index (Phi) is 5.83. The van der Waals surface area contributed by atoms with Gasteiger partial charge in [0.15, 0.2) is 9.84 Å². The Balaban J connectivity index is 3.09. The molecule has 0 aliphatic heterocycles. The van der Waals surface area contributed by atoms with Crippen LogP contribution >= 0.6 is 27.3 Å². The summed E-state index contributed by atoms with van der Waals surface area (Å²) in [7, 11) is -3.06. The van der Waals surface area contributed by atoms with E-state index in [2.05, 4.69) is 28.2 Å². The molecule has 0 aromatic carbocycles. The Hall–Kier alpha value is 0.0900. The van der Waals surface area contributed by atoms with Gasteiger partial charge in [-0.1, -0.05) is 6.92 Å². The summed E-state index contributed by atoms with van der Waals surface area (Å²) in [5.74, 6) is 0. The largest absolute Gasteiger partial charge is 0.309 e. The van der Waals surface area contributed by atoms with Gasteiger partial charge in [-0.15, -0.1) is 11.3 Å². The van der Waals surface area contributed by atoms with Crippen molar-refractivity contribution in [2.24, 2.45) is 0 Å². The van der Waals surface area contributed by atoms with E-state index < -0.39 is 15.1 Å². The van der Waals surface area contributed by atoms with Crippen molar-refractivity contribution in [2.45, 2.75) is 38.5 Å². The van der Waals surface area contributed by atoms with Crippen molar-refractivity contribution in [2.75, 3.05) is 12.8 Å². The molecule has 2 atom stereocenters. The average Bonchev–Trinajstić information content (AvgIpc) is 2.57. The minimum Gasteiger partial charge on any atom is -0.309 e. The fourth-order valence-corrected chi connectivity index (χ4v) is 4.34. The number of halogens is 1. The van der Waals surface area contributed by atoms with Gasteiger partial charge in [-0.25, -0.2) is 8.42 Å². The second-order valence-corrected chi connectivity index (χ2v) is 9.57. The summed E-state index contributed by atoms with van der Waals surface area (Å²) in [6, 6.07) is 1.89. The van der Waals surface area contributed by atoms with Gasteiger partial charge in [-0.05, 0) is 54.4 Å². The number of rotatable bonds is 6. The van der Waals surface area contributed by atoms with E-state index in [1.54, 1.807) is 18.3 Å². The molecular weight excluding hydrogens is 334 g/mol. The molecule has 0 saturated heterocycles. The van der Waals surface area contributed by atoms with Crippen LogP contribution in [-0.4, -0.2) is 26.5 Å². The first kappa shape index (κ1) is 16.1. The summed E-state index contributed by atoms with van der Waals surface area (Å²) < 4.78 is 24.6. The van der Waals surface area contributed by atoms with Gasteiger partial charge < -0.3 is 5.32 Å². The molecule has 0 amide bonds. The first-order valence-corrected chi connectivity index (χ1v) is 9.51. The highest BCUT2D eigenvalue weighted by Gasteiger charge is 2.28. The van der Waals surface area contributed by atoms with Crippen LogP contribution < -0.4 is 5.32 Å². The van der Waals surface area contributed by atoms with Crippen LogP contribution in [0.15, 0.2) is 9.85 Å². The van der Waals surface area contributed by atoms with Gasteiger partial charge in [0.05, 0.1) is 9.04 Å². The maximum atomic E-state index is 11.8. The lowest BCUT2D eigenvalue weighted by atomic mass is 10.1. The number of hydrogen-bond donors (Lipinski definition) is 1. The zero-order valence-corrected chi connectivity index (χ0v) is 14.4. The Morgan fingerprint density at radius 2 is 2.11 bits per heavy atom. The van der Waals surface area contributed by atoms with E-state index in [-0.39, 0.29) is 6.04 Å². The van der Waals surface area contributed by atoms with E-state index in [4.69, 9.17) is 0 Å². The molecule has 18 heavy (non-hydrogen) atoms. The summed E-state index contributed by atoms with van der Waals surface area (Å²) in [5.41, 5.74) is 1.08. The standard InChI is InChI=1S/C12H20BrNO2S2/c1-5-6-14-12(9(3)18(4,15)16)10-7-11(13)17-8(10)2/h7,9,12,14H,5-6H2,1-4H3. The monoisotopic (exact) mass is 353 g/mol. The smallest absolute Gasteiger partial charge is 0.151 e. The van der Waals surface area contributed by atoms with Gasteiger partial charge in [0.1, 0.15) is 0 Å². The second-order valence-electron chi connectivity index (χ2n) is 4.53. The number of hydrogen-bond acceptors (Lipinski definition) is 4. The highest BCUT2D eigenvalue weighted by atomic mass is 79.9. The van der Waals surface area contributed by atoms with Crippen molar-refractivity contribution in [3.05, 3.63) is 20.3 Å². The third-order valence-corrected chi connectivity index (χ3v) is 6.21. The molecule has 0 aliphatic rings. The van der Waals surface area contributed by atoms with Crippen LogP contribution in [0.2, 0.25) is 0 Å². The molecule has 104 valence electrons. The van der Waals surface area contributed by atoms with Crippen LogP contribution in [0, 0.1) is 6.92 Å². The van der Waals surface area contributed by atoms with Gasteiger partial charge in [-0.2, -0.15) is 0 Å². The first-order chi connectivity index (χ1) is 8.27. The lowest BCUT2D eigenvalue weighted by Gasteiger charge is -2.24. The SMILES string of the molecule is CCCNC(c1cc(Br)sc1C)C(C)S(C)(=O)=O. The summed E-state index contributed by atoms with van der Waals surface area (Å²) in [5, 5.41) is 2.93. The fourth-order valence-electron chi connectivity index (χ4n) is 1.84. The third kappa shape index (κ3) is 4.05. The Labute approximate surface area is 122 Å². The Morgan fingerprint density at radius 1 is 1.50 bits per heavy atom. The lowest BCUT2D eigenvalue weighted by Crippen LogP contribution is -2.35. The predicted molar refractivity (Wildman–Crippen MR) is 82.1 cm³/mol. The van der Waals surface area contributed by atoms with Crippen LogP contribution in [0.5, 0.6) is 0 Å². The molecule has 0 spiro atoms. The molecule has 1 aromatic heterocycles. The molecule has 3 nitrogen and oxygen atoms in total. The second kappa shape index (κ2) is 6.50. The zero-order valence-electron chi connectivity index (χ0n) is 11.2. The molecule has 1 rings (SSSR count). The molecule has 0 radical (unpaired) electrons. The van der Waals surface area contributed by atoms with Crippen LogP contribution in [0.3, 0.4) is 0 Å². The summed E-state index contributed by atoms with van der Waals surface area (Å²) in [4.78, 5) is 1.16. The maximum Gasteiger partial charge on any atom is 0.151 e. The van der Waals surface area contributed by atoms with Crippen molar-refractivity contribution in [3.63, 3.8) is 0 Å². The summed E-state index contributed by atoms with van der Waals surface area (Å²) in [6.45, 7) is 6.69. The topological polar surface area (TPSA) is 46.2 Å². The number of thiophene rings is 1. The average molecular weight is 354 g/mol. The van der Waals surface area contributed by atoms with E-state index in [0.717, 1.165) is 27.2 Å². The van der Waals surface area contributed by atoms with Crippen LogP contribution in [0.25, 0.3) is 0 Å². The van der Waals surface area contributed by atoms with Crippen molar-refractivity contribution in [1.82, 2.24) is 5.32 Å². The Bertz CT molecular complexity index is 496. The van der Waals surface area contributed by atoms with E-state index in [9.17, 15) is 8.42 Å². The van der Waals surface area contributed by atoms with Crippen molar-refractivity contribution in [3.8, 4) is 0 Å². The molecule has 6 heteroatoms. The minimum atomic E-state index is -3.06. The van der Waals surface area contributed by atoms with E-state index >= 15 is 0 Å². The van der Waals surface area contributed by atoms with Crippen LogP contribution in [0.1, 0.15) is 36.8 Å². The normalized spacial score (nSPS) is 15.6. The highest BCUT2D eigenvalue weighted by molar-refractivity contribution is 9.11. The van der Waals surface area contributed by atoms with Crippen LogP contribution in [0.4, 0.5) is 0 Å². The molecule has 1 heterocycles. The van der Waals surface area contributed by atoms with Crippen molar-refractivity contribution in [1.29, 1.82) is 0 Å². The number of sulfone groups is 1. The van der Waals surface area contributed by atoms with Gasteiger partial charge in [0.2, 0.25) is 0 Å². The molecule has 0 saturated carbocycles.